The molecule has 2 heterocycles. The van der Waals surface area contributed by atoms with E-state index in [-0.39, 0.29) is 40.0 Å². The molecule has 1 aliphatic carbocycles. The van der Waals surface area contributed by atoms with Crippen LogP contribution >= 0.6 is 0 Å². The van der Waals surface area contributed by atoms with Crippen LogP contribution in [0.4, 0.5) is 11.4 Å². The summed E-state index contributed by atoms with van der Waals surface area (Å²) >= 11 is 0. The van der Waals surface area contributed by atoms with Gasteiger partial charge in [-0.05, 0) is 68.0 Å². The van der Waals surface area contributed by atoms with Gasteiger partial charge in [0.1, 0.15) is 0 Å². The number of rotatable bonds is 7. The average Bonchev–Trinajstić information content (AvgIpc) is 3.36. The van der Waals surface area contributed by atoms with Gasteiger partial charge in [0.15, 0.2) is 0 Å². The van der Waals surface area contributed by atoms with Crippen molar-refractivity contribution >= 4 is 33.2 Å². The number of anilines is 2. The number of amides is 2. The lowest BCUT2D eigenvalue weighted by molar-refractivity contribution is -0.119. The van der Waals surface area contributed by atoms with Crippen molar-refractivity contribution in [2.45, 2.75) is 43.1 Å². The number of ether oxygens (including phenoxy) is 1. The molecule has 2 aliphatic heterocycles. The molecule has 174 valence electrons. The lowest BCUT2D eigenvalue weighted by Gasteiger charge is -2.17. The van der Waals surface area contributed by atoms with Gasteiger partial charge in [0.25, 0.3) is 15.9 Å². The molecule has 1 saturated heterocycles. The minimum atomic E-state index is -3.92. The predicted molar refractivity (Wildman–Crippen MR) is 124 cm³/mol. The van der Waals surface area contributed by atoms with Crippen LogP contribution in [0.5, 0.6) is 0 Å². The highest BCUT2D eigenvalue weighted by Crippen LogP contribution is 2.37. The molecule has 3 aliphatic rings. The molecule has 0 radical (unpaired) electrons. The van der Waals surface area contributed by atoms with E-state index < -0.39 is 10.0 Å². The van der Waals surface area contributed by atoms with E-state index in [0.717, 1.165) is 36.9 Å². The third-order valence-electron chi connectivity index (χ3n) is 6.38. The maximum atomic E-state index is 13.1. The first-order valence-corrected chi connectivity index (χ1v) is 12.9. The third-order valence-corrected chi connectivity index (χ3v) is 7.74. The molecule has 2 N–H and O–H groups in total. The number of fused-ring (bicyclic) bond motifs is 1. The molecule has 8 nitrogen and oxygen atoms in total. The van der Waals surface area contributed by atoms with E-state index in [4.69, 9.17) is 4.74 Å². The number of carbonyl (C=O) groups excluding carboxylic acids is 2. The van der Waals surface area contributed by atoms with Gasteiger partial charge in [-0.15, -0.1) is 0 Å². The number of sulfonamides is 1. The second kappa shape index (κ2) is 8.79. The van der Waals surface area contributed by atoms with Crippen LogP contribution in [0.1, 0.15) is 41.6 Å². The van der Waals surface area contributed by atoms with Crippen LogP contribution in [-0.4, -0.2) is 46.0 Å². The Balaban J connectivity index is 1.32. The van der Waals surface area contributed by atoms with Crippen LogP contribution in [0, 0.1) is 5.92 Å². The van der Waals surface area contributed by atoms with Crippen molar-refractivity contribution in [3.63, 3.8) is 0 Å². The van der Waals surface area contributed by atoms with Gasteiger partial charge >= 0.3 is 0 Å². The van der Waals surface area contributed by atoms with Crippen LogP contribution in [0.3, 0.4) is 0 Å². The van der Waals surface area contributed by atoms with Gasteiger partial charge in [-0.3, -0.25) is 14.3 Å². The molecule has 2 fully saturated rings. The van der Waals surface area contributed by atoms with Crippen molar-refractivity contribution in [1.82, 2.24) is 5.32 Å². The van der Waals surface area contributed by atoms with Crippen molar-refractivity contribution in [1.29, 1.82) is 0 Å². The quantitative estimate of drug-likeness (QED) is 0.649. The molecular formula is C24H27N3O5S. The van der Waals surface area contributed by atoms with Gasteiger partial charge in [0, 0.05) is 31.3 Å². The number of para-hydroxylation sites is 1. The Hall–Kier alpha value is -2.91. The molecule has 5 rings (SSSR count). The van der Waals surface area contributed by atoms with Crippen LogP contribution in [0.15, 0.2) is 47.4 Å². The number of nitrogens with zero attached hydrogens (tertiary/aromatic N) is 1. The van der Waals surface area contributed by atoms with Gasteiger partial charge in [0.05, 0.1) is 22.3 Å². The second-order valence-electron chi connectivity index (χ2n) is 8.80. The fraction of sp³-hybridized carbons (Fsp3) is 0.417. The minimum absolute atomic E-state index is 0.00409. The zero-order chi connectivity index (χ0) is 23.0. The van der Waals surface area contributed by atoms with E-state index in [1.54, 1.807) is 41.3 Å². The Bertz CT molecular complexity index is 1190. The van der Waals surface area contributed by atoms with Crippen LogP contribution in [0.2, 0.25) is 0 Å². The molecule has 2 amide bonds. The van der Waals surface area contributed by atoms with Crippen molar-refractivity contribution in [3.05, 3.63) is 53.6 Å². The van der Waals surface area contributed by atoms with E-state index in [2.05, 4.69) is 10.0 Å². The summed E-state index contributed by atoms with van der Waals surface area (Å²) in [6, 6.07) is 11.4. The maximum absolute atomic E-state index is 13.1. The number of benzene rings is 2. The molecule has 9 heteroatoms. The Morgan fingerprint density at radius 1 is 1.09 bits per heavy atom. The topological polar surface area (TPSA) is 105 Å². The first-order valence-electron chi connectivity index (χ1n) is 11.4. The largest absolute Gasteiger partial charge is 0.376 e. The molecule has 0 spiro atoms. The summed E-state index contributed by atoms with van der Waals surface area (Å²) in [5, 5.41) is 2.83. The van der Waals surface area contributed by atoms with Gasteiger partial charge in [-0.2, -0.15) is 0 Å². The van der Waals surface area contributed by atoms with Crippen molar-refractivity contribution in [2.24, 2.45) is 5.92 Å². The molecule has 1 saturated carbocycles. The Labute approximate surface area is 193 Å². The highest BCUT2D eigenvalue weighted by Gasteiger charge is 2.36. The van der Waals surface area contributed by atoms with E-state index >= 15 is 0 Å². The Morgan fingerprint density at radius 3 is 2.67 bits per heavy atom. The smallest absolute Gasteiger partial charge is 0.261 e. The standard InChI is InChI=1S/C24H27N3O5S/c28-23(25-15-18-4-3-13-32-18)20-5-1-2-6-21(20)26-33(30,31)19-9-10-22-17(14-19)11-12-27(22)24(29)16-7-8-16/h1-2,5-6,9-10,14,16,18,26H,3-4,7-8,11-13,15H2,(H,25,28). The second-order valence-corrected chi connectivity index (χ2v) is 10.5. The first kappa shape index (κ1) is 21.9. The highest BCUT2D eigenvalue weighted by molar-refractivity contribution is 7.92. The summed E-state index contributed by atoms with van der Waals surface area (Å²) in [5.74, 6) is -0.110. The SMILES string of the molecule is O=C(NCC1CCCO1)c1ccccc1NS(=O)(=O)c1ccc2c(c1)CCN2C(=O)C1CC1. The summed E-state index contributed by atoms with van der Waals surface area (Å²) in [6.45, 7) is 1.67. The zero-order valence-corrected chi connectivity index (χ0v) is 19.1. The van der Waals surface area contributed by atoms with E-state index in [1.165, 1.54) is 6.07 Å². The van der Waals surface area contributed by atoms with E-state index in [9.17, 15) is 18.0 Å². The lowest BCUT2D eigenvalue weighted by Crippen LogP contribution is -2.32. The molecule has 0 aromatic heterocycles. The number of carbonyl (C=O) groups is 2. The fourth-order valence-corrected chi connectivity index (χ4v) is 5.54. The van der Waals surface area contributed by atoms with Crippen LogP contribution in [0.25, 0.3) is 0 Å². The van der Waals surface area contributed by atoms with Crippen LogP contribution in [-0.2, 0) is 26.0 Å². The summed E-state index contributed by atoms with van der Waals surface area (Å²) in [6.07, 6.45) is 4.36. The predicted octanol–water partition coefficient (Wildman–Crippen LogP) is 2.70. The number of hydrogen-bond donors (Lipinski definition) is 2. The van der Waals surface area contributed by atoms with Gasteiger partial charge in [-0.25, -0.2) is 8.42 Å². The maximum Gasteiger partial charge on any atom is 0.261 e. The third kappa shape index (κ3) is 4.60. The molecule has 33 heavy (non-hydrogen) atoms. The van der Waals surface area contributed by atoms with Gasteiger partial charge in [0.2, 0.25) is 5.91 Å². The molecule has 1 unspecified atom stereocenters. The van der Waals surface area contributed by atoms with Crippen LogP contribution < -0.4 is 14.9 Å². The number of hydrogen-bond acceptors (Lipinski definition) is 5. The van der Waals surface area contributed by atoms with E-state index in [1.807, 2.05) is 0 Å². The monoisotopic (exact) mass is 469 g/mol. The minimum Gasteiger partial charge on any atom is -0.376 e. The summed E-state index contributed by atoms with van der Waals surface area (Å²) < 4.78 is 34.4. The molecule has 1 atom stereocenters. The Kier molecular flexibility index (Phi) is 5.84. The lowest BCUT2D eigenvalue weighted by atomic mass is 10.1. The molecule has 2 aromatic rings. The van der Waals surface area contributed by atoms with Crippen molar-refractivity contribution in [3.8, 4) is 0 Å². The average molecular weight is 470 g/mol. The van der Waals surface area contributed by atoms with Crippen molar-refractivity contribution < 1.29 is 22.7 Å². The summed E-state index contributed by atoms with van der Waals surface area (Å²) in [5.41, 5.74) is 2.10. The molecule has 2 aromatic carbocycles. The highest BCUT2D eigenvalue weighted by atomic mass is 32.2. The van der Waals surface area contributed by atoms with E-state index in [0.29, 0.717) is 26.1 Å². The Morgan fingerprint density at radius 2 is 1.91 bits per heavy atom. The fourth-order valence-electron chi connectivity index (χ4n) is 4.41. The van der Waals surface area contributed by atoms with Gasteiger partial charge in [-0.1, -0.05) is 12.1 Å². The normalized spacial score (nSPS) is 19.9. The summed E-state index contributed by atoms with van der Waals surface area (Å²) in [7, 11) is -3.92. The van der Waals surface area contributed by atoms with Gasteiger partial charge < -0.3 is 15.0 Å². The number of nitrogens with one attached hydrogen (secondary N) is 2. The summed E-state index contributed by atoms with van der Waals surface area (Å²) in [4.78, 5) is 27.1. The van der Waals surface area contributed by atoms with Crippen molar-refractivity contribution in [2.75, 3.05) is 29.3 Å². The molecular weight excluding hydrogens is 442 g/mol. The zero-order valence-electron chi connectivity index (χ0n) is 18.2. The first-order chi connectivity index (χ1) is 15.9. The molecule has 0 bridgehead atoms.